The molecule has 1 aromatic rings. The molecule has 2 atom stereocenters. The van der Waals surface area contributed by atoms with Crippen LogP contribution in [-0.4, -0.2) is 31.2 Å². The van der Waals surface area contributed by atoms with Crippen molar-refractivity contribution in [2.45, 2.75) is 32.4 Å². The number of hydrogen-bond acceptors (Lipinski definition) is 4. The third-order valence-corrected chi connectivity index (χ3v) is 3.79. The Balaban J connectivity index is 1.96. The lowest BCUT2D eigenvalue weighted by Crippen LogP contribution is -2.47. The van der Waals surface area contributed by atoms with Crippen LogP contribution in [0.4, 0.5) is 17.1 Å². The van der Waals surface area contributed by atoms with Crippen LogP contribution in [-0.2, 0) is 16.0 Å². The first-order chi connectivity index (χ1) is 9.04. The molecule has 1 saturated heterocycles. The summed E-state index contributed by atoms with van der Waals surface area (Å²) in [6.07, 6.45) is 0.618. The first-order valence-corrected chi connectivity index (χ1v) is 6.65. The molecule has 0 saturated carbocycles. The van der Waals surface area contributed by atoms with E-state index in [0.717, 1.165) is 29.2 Å². The minimum absolute atomic E-state index is 0.0370. The normalized spacial score (nSPS) is 26.2. The van der Waals surface area contributed by atoms with Gasteiger partial charge in [-0.05, 0) is 31.5 Å². The molecule has 0 aliphatic carbocycles. The number of carbonyl (C=O) groups is 1. The fourth-order valence-corrected chi connectivity index (χ4v) is 2.77. The van der Waals surface area contributed by atoms with E-state index in [-0.39, 0.29) is 18.1 Å². The molecule has 2 unspecified atom stereocenters. The van der Waals surface area contributed by atoms with Gasteiger partial charge in [-0.2, -0.15) is 0 Å². The van der Waals surface area contributed by atoms with E-state index in [1.54, 1.807) is 0 Å². The van der Waals surface area contributed by atoms with Gasteiger partial charge in [0.25, 0.3) is 0 Å². The Morgan fingerprint density at radius 1 is 1.42 bits per heavy atom. The average Bonchev–Trinajstić information content (AvgIpc) is 2.70. The summed E-state index contributed by atoms with van der Waals surface area (Å²) in [5.74, 6) is 0.0370. The summed E-state index contributed by atoms with van der Waals surface area (Å²) >= 11 is 0. The maximum atomic E-state index is 11.4. The van der Waals surface area contributed by atoms with Gasteiger partial charge in [-0.15, -0.1) is 0 Å². The number of nitrogens with two attached hydrogens (primary N) is 1. The smallest absolute Gasteiger partial charge is 0.228 e. The van der Waals surface area contributed by atoms with Crippen LogP contribution < -0.4 is 16.0 Å². The van der Waals surface area contributed by atoms with E-state index in [2.05, 4.69) is 24.1 Å². The van der Waals surface area contributed by atoms with Crippen molar-refractivity contribution in [1.82, 2.24) is 0 Å². The van der Waals surface area contributed by atoms with Gasteiger partial charge in [-0.1, -0.05) is 0 Å². The zero-order chi connectivity index (χ0) is 13.6. The number of benzene rings is 1. The van der Waals surface area contributed by atoms with Crippen molar-refractivity contribution in [2.75, 3.05) is 29.1 Å². The average molecular weight is 261 g/mol. The molecular formula is C14H19N3O2. The van der Waals surface area contributed by atoms with E-state index in [1.807, 2.05) is 12.1 Å². The molecule has 0 spiro atoms. The van der Waals surface area contributed by atoms with Crippen molar-refractivity contribution < 1.29 is 9.53 Å². The van der Waals surface area contributed by atoms with Crippen LogP contribution in [0.1, 0.15) is 19.4 Å². The van der Waals surface area contributed by atoms with Crippen molar-refractivity contribution in [2.24, 2.45) is 0 Å². The Morgan fingerprint density at radius 3 is 3.00 bits per heavy atom. The van der Waals surface area contributed by atoms with Gasteiger partial charge in [-0.25, -0.2) is 0 Å². The molecular weight excluding hydrogens is 242 g/mol. The highest BCUT2D eigenvalue weighted by molar-refractivity contribution is 6.01. The molecule has 3 rings (SSSR count). The highest BCUT2D eigenvalue weighted by Crippen LogP contribution is 2.35. The molecule has 1 aromatic carbocycles. The first-order valence-electron chi connectivity index (χ1n) is 6.65. The van der Waals surface area contributed by atoms with Crippen LogP contribution in [0.2, 0.25) is 0 Å². The second-order valence-electron chi connectivity index (χ2n) is 5.44. The summed E-state index contributed by atoms with van der Waals surface area (Å²) in [6, 6.07) is 4.19. The number of carbonyl (C=O) groups excluding carboxylic acids is 1. The lowest BCUT2D eigenvalue weighted by Gasteiger charge is -2.39. The summed E-state index contributed by atoms with van der Waals surface area (Å²) in [6.45, 7) is 5.70. The van der Waals surface area contributed by atoms with Gasteiger partial charge in [0.15, 0.2) is 0 Å². The zero-order valence-corrected chi connectivity index (χ0v) is 11.3. The molecule has 2 aliphatic heterocycles. The maximum absolute atomic E-state index is 11.4. The SMILES string of the molecule is CC1CN(c2cc3c(cc2N)CC(=O)N3)C(C)CO1. The van der Waals surface area contributed by atoms with Gasteiger partial charge in [0.05, 0.1) is 30.5 Å². The molecule has 5 nitrogen and oxygen atoms in total. The number of nitrogen functional groups attached to an aromatic ring is 1. The second-order valence-corrected chi connectivity index (χ2v) is 5.44. The number of amides is 1. The van der Waals surface area contributed by atoms with Crippen molar-refractivity contribution in [1.29, 1.82) is 0 Å². The van der Waals surface area contributed by atoms with Crippen molar-refractivity contribution in [3.8, 4) is 0 Å². The number of hydrogen-bond donors (Lipinski definition) is 2. The minimum Gasteiger partial charge on any atom is -0.397 e. The third-order valence-electron chi connectivity index (χ3n) is 3.79. The Labute approximate surface area is 112 Å². The van der Waals surface area contributed by atoms with E-state index >= 15 is 0 Å². The highest BCUT2D eigenvalue weighted by Gasteiger charge is 2.27. The Morgan fingerprint density at radius 2 is 2.21 bits per heavy atom. The molecule has 102 valence electrons. The second kappa shape index (κ2) is 4.42. The van der Waals surface area contributed by atoms with Crippen LogP contribution in [0.15, 0.2) is 12.1 Å². The number of ether oxygens (including phenoxy) is 1. The first kappa shape index (κ1) is 12.3. The number of anilines is 3. The quantitative estimate of drug-likeness (QED) is 0.749. The van der Waals surface area contributed by atoms with Gasteiger partial charge in [0, 0.05) is 18.3 Å². The van der Waals surface area contributed by atoms with E-state index in [0.29, 0.717) is 13.0 Å². The van der Waals surface area contributed by atoms with Crippen LogP contribution in [0.25, 0.3) is 0 Å². The number of nitrogens with one attached hydrogen (secondary N) is 1. The predicted octanol–water partition coefficient (Wildman–Crippen LogP) is 1.38. The lowest BCUT2D eigenvalue weighted by molar-refractivity contribution is -0.115. The van der Waals surface area contributed by atoms with Gasteiger partial charge < -0.3 is 20.7 Å². The van der Waals surface area contributed by atoms with Gasteiger partial charge in [0.2, 0.25) is 5.91 Å². The van der Waals surface area contributed by atoms with Crippen molar-refractivity contribution >= 4 is 23.0 Å². The topological polar surface area (TPSA) is 67.6 Å². The Hall–Kier alpha value is -1.75. The largest absolute Gasteiger partial charge is 0.397 e. The predicted molar refractivity (Wildman–Crippen MR) is 75.4 cm³/mol. The van der Waals surface area contributed by atoms with Crippen LogP contribution in [0.3, 0.4) is 0 Å². The van der Waals surface area contributed by atoms with Gasteiger partial charge in [0.1, 0.15) is 0 Å². The summed E-state index contributed by atoms with van der Waals surface area (Å²) in [5.41, 5.74) is 9.75. The molecule has 2 heterocycles. The van der Waals surface area contributed by atoms with Crippen LogP contribution in [0.5, 0.6) is 0 Å². The van der Waals surface area contributed by atoms with E-state index in [9.17, 15) is 4.79 Å². The highest BCUT2D eigenvalue weighted by atomic mass is 16.5. The molecule has 0 bridgehead atoms. The molecule has 0 radical (unpaired) electrons. The third kappa shape index (κ3) is 2.14. The van der Waals surface area contributed by atoms with Crippen molar-refractivity contribution in [3.05, 3.63) is 17.7 Å². The Bertz CT molecular complexity index is 530. The summed E-state index contributed by atoms with van der Waals surface area (Å²) in [7, 11) is 0. The summed E-state index contributed by atoms with van der Waals surface area (Å²) in [5, 5.41) is 2.88. The molecule has 1 amide bonds. The number of morpholine rings is 1. The van der Waals surface area contributed by atoms with Crippen LogP contribution in [0, 0.1) is 0 Å². The molecule has 5 heteroatoms. The summed E-state index contributed by atoms with van der Waals surface area (Å²) in [4.78, 5) is 13.7. The number of nitrogens with zero attached hydrogens (tertiary/aromatic N) is 1. The van der Waals surface area contributed by atoms with E-state index in [1.165, 1.54) is 0 Å². The van der Waals surface area contributed by atoms with E-state index < -0.39 is 0 Å². The van der Waals surface area contributed by atoms with Crippen molar-refractivity contribution in [3.63, 3.8) is 0 Å². The van der Waals surface area contributed by atoms with Crippen LogP contribution >= 0.6 is 0 Å². The summed E-state index contributed by atoms with van der Waals surface area (Å²) < 4.78 is 5.64. The maximum Gasteiger partial charge on any atom is 0.228 e. The molecule has 3 N–H and O–H groups in total. The fraction of sp³-hybridized carbons (Fsp3) is 0.500. The molecule has 0 aromatic heterocycles. The van der Waals surface area contributed by atoms with Gasteiger partial charge in [-0.3, -0.25) is 4.79 Å². The number of rotatable bonds is 1. The van der Waals surface area contributed by atoms with E-state index in [4.69, 9.17) is 10.5 Å². The molecule has 1 fully saturated rings. The molecule has 19 heavy (non-hydrogen) atoms. The lowest BCUT2D eigenvalue weighted by atomic mass is 10.1. The fourth-order valence-electron chi connectivity index (χ4n) is 2.77. The van der Waals surface area contributed by atoms with Gasteiger partial charge >= 0.3 is 0 Å². The zero-order valence-electron chi connectivity index (χ0n) is 11.3. The minimum atomic E-state index is 0.0370. The molecule has 2 aliphatic rings. The Kier molecular flexibility index (Phi) is 2.86. The monoisotopic (exact) mass is 261 g/mol. The number of fused-ring (bicyclic) bond motifs is 1. The standard InChI is InChI=1S/C14H19N3O2/c1-8-7-19-9(2)6-17(8)13-5-12-10(3-11(13)15)4-14(18)16-12/h3,5,8-9H,4,6-7,15H2,1-2H3,(H,16,18).